The Bertz CT molecular complexity index is 688. The molecule has 0 aliphatic heterocycles. The number of rotatable bonds is 5. The average molecular weight is 331 g/mol. The summed E-state index contributed by atoms with van der Waals surface area (Å²) in [4.78, 5) is 15.5. The van der Waals surface area contributed by atoms with Gasteiger partial charge < -0.3 is 9.84 Å². The summed E-state index contributed by atoms with van der Waals surface area (Å²) in [6, 6.07) is -0.0106. The molecule has 8 heteroatoms. The predicted octanol–water partition coefficient (Wildman–Crippen LogP) is 3.12. The Kier molecular flexibility index (Phi) is 5.02. The molecule has 0 heterocycles. The first kappa shape index (κ1) is 17.0. The molecule has 1 aliphatic carbocycles. The Morgan fingerprint density at radius 3 is 2.52 bits per heavy atom. The summed E-state index contributed by atoms with van der Waals surface area (Å²) in [5.74, 6) is -6.14. The third kappa shape index (κ3) is 3.88. The molecular formula is C15H13F4NO3. The van der Waals surface area contributed by atoms with Crippen LogP contribution >= 0.6 is 0 Å². The lowest BCUT2D eigenvalue weighted by molar-refractivity contribution is -0.137. The highest BCUT2D eigenvalue weighted by atomic mass is 19.2. The minimum absolute atomic E-state index is 0.0428. The van der Waals surface area contributed by atoms with Gasteiger partial charge in [-0.25, -0.2) is 22.4 Å². The fraction of sp³-hybridized carbons (Fsp3) is 0.333. The summed E-state index contributed by atoms with van der Waals surface area (Å²) >= 11 is 0. The first-order valence-corrected chi connectivity index (χ1v) is 6.77. The van der Waals surface area contributed by atoms with Crippen LogP contribution < -0.4 is 0 Å². The van der Waals surface area contributed by atoms with Gasteiger partial charge in [-0.3, -0.25) is 4.99 Å². The van der Waals surface area contributed by atoms with Gasteiger partial charge in [-0.15, -0.1) is 0 Å². The summed E-state index contributed by atoms with van der Waals surface area (Å²) in [6.07, 6.45) is -0.123. The topological polar surface area (TPSA) is 58.9 Å². The zero-order valence-corrected chi connectivity index (χ0v) is 12.0. The van der Waals surface area contributed by atoms with Crippen LogP contribution in [-0.2, 0) is 9.53 Å². The number of esters is 1. The van der Waals surface area contributed by atoms with Crippen LogP contribution in [0.1, 0.15) is 18.9 Å². The molecule has 1 aliphatic rings. The Balaban J connectivity index is 2.45. The zero-order valence-electron chi connectivity index (χ0n) is 12.0. The quantitative estimate of drug-likeness (QED) is 0.225. The number of hydrogen-bond acceptors (Lipinski definition) is 4. The predicted molar refractivity (Wildman–Crippen MR) is 74.3 cm³/mol. The maximum absolute atomic E-state index is 13.7. The molecule has 1 N–H and O–H groups in total. The van der Waals surface area contributed by atoms with Crippen LogP contribution in [0.3, 0.4) is 0 Å². The fourth-order valence-corrected chi connectivity index (χ4v) is 1.75. The number of carbonyl (C=O) groups excluding carboxylic acids is 1. The summed E-state index contributed by atoms with van der Waals surface area (Å²) < 4.78 is 57.4. The molecule has 23 heavy (non-hydrogen) atoms. The molecule has 0 spiro atoms. The maximum Gasteiger partial charge on any atom is 0.343 e. The second-order valence-corrected chi connectivity index (χ2v) is 4.83. The van der Waals surface area contributed by atoms with E-state index >= 15 is 0 Å². The lowest BCUT2D eigenvalue weighted by Crippen LogP contribution is -2.12. The number of nitrogens with zero attached hydrogens (tertiary/aromatic N) is 1. The molecule has 0 aromatic heterocycles. The van der Waals surface area contributed by atoms with E-state index in [1.54, 1.807) is 0 Å². The van der Waals surface area contributed by atoms with Crippen LogP contribution in [0.25, 0.3) is 5.76 Å². The van der Waals surface area contributed by atoms with Gasteiger partial charge in [0.2, 0.25) is 0 Å². The first-order chi connectivity index (χ1) is 10.8. The summed E-state index contributed by atoms with van der Waals surface area (Å²) in [6.45, 7) is 1.46. The third-order valence-electron chi connectivity index (χ3n) is 3.09. The van der Waals surface area contributed by atoms with Crippen molar-refractivity contribution < 1.29 is 32.2 Å². The van der Waals surface area contributed by atoms with Gasteiger partial charge in [0.1, 0.15) is 23.3 Å². The monoisotopic (exact) mass is 331 g/mol. The number of benzene rings is 1. The van der Waals surface area contributed by atoms with Crippen LogP contribution in [0.2, 0.25) is 0 Å². The van der Waals surface area contributed by atoms with E-state index in [9.17, 15) is 27.5 Å². The van der Waals surface area contributed by atoms with Crippen LogP contribution in [0.5, 0.6) is 0 Å². The van der Waals surface area contributed by atoms with Crippen molar-refractivity contribution in [1.82, 2.24) is 0 Å². The number of alkyl halides is 1. The molecule has 4 nitrogen and oxygen atoms in total. The third-order valence-corrected chi connectivity index (χ3v) is 3.09. The van der Waals surface area contributed by atoms with Crippen molar-refractivity contribution >= 4 is 17.9 Å². The number of aliphatic hydroxyl groups is 1. The van der Waals surface area contributed by atoms with Crippen LogP contribution in [-0.4, -0.2) is 36.1 Å². The van der Waals surface area contributed by atoms with E-state index in [0.29, 0.717) is 6.07 Å². The molecule has 1 saturated carbocycles. The standard InChI is InChI=1S/C15H13F4NO3/c1-2-23-15(22)8(6-20-13-5-12(13)19)14(21)7-3-10(17)11(18)4-9(7)16/h3-4,6,12-13,21H,2,5H2,1H3/b14-8-,20-6?. The number of ether oxygens (including phenoxy) is 1. The van der Waals surface area contributed by atoms with Crippen molar-refractivity contribution in [2.24, 2.45) is 4.99 Å². The maximum atomic E-state index is 13.7. The van der Waals surface area contributed by atoms with Gasteiger partial charge in [0.05, 0.1) is 18.2 Å². The molecule has 0 radical (unpaired) electrons. The molecule has 2 unspecified atom stereocenters. The number of hydrogen-bond donors (Lipinski definition) is 1. The van der Waals surface area contributed by atoms with Crippen molar-refractivity contribution in [3.05, 3.63) is 40.7 Å². The Morgan fingerprint density at radius 2 is 1.96 bits per heavy atom. The van der Waals surface area contributed by atoms with E-state index in [-0.39, 0.29) is 19.1 Å². The minimum atomic E-state index is -1.44. The van der Waals surface area contributed by atoms with Crippen molar-refractivity contribution in [2.75, 3.05) is 6.61 Å². The average Bonchev–Trinajstić information content (AvgIpc) is 3.19. The molecule has 1 aromatic rings. The molecule has 2 atom stereocenters. The highest BCUT2D eigenvalue weighted by Gasteiger charge is 2.37. The van der Waals surface area contributed by atoms with Crippen molar-refractivity contribution in [2.45, 2.75) is 25.6 Å². The number of halogens is 4. The van der Waals surface area contributed by atoms with E-state index < -0.39 is 52.5 Å². The van der Waals surface area contributed by atoms with Gasteiger partial charge in [-0.05, 0) is 13.0 Å². The van der Waals surface area contributed by atoms with E-state index in [2.05, 4.69) is 9.73 Å². The second-order valence-electron chi connectivity index (χ2n) is 4.83. The number of carbonyl (C=O) groups is 1. The second kappa shape index (κ2) is 6.80. The molecule has 0 bridgehead atoms. The summed E-state index contributed by atoms with van der Waals surface area (Å²) in [7, 11) is 0. The fourth-order valence-electron chi connectivity index (χ4n) is 1.75. The molecule has 1 fully saturated rings. The largest absolute Gasteiger partial charge is 0.506 e. The lowest BCUT2D eigenvalue weighted by atomic mass is 10.1. The molecule has 2 rings (SSSR count). The molecule has 0 saturated heterocycles. The summed E-state index contributed by atoms with van der Waals surface area (Å²) in [5, 5.41) is 10.0. The van der Waals surface area contributed by atoms with Gasteiger partial charge in [-0.1, -0.05) is 0 Å². The van der Waals surface area contributed by atoms with E-state index in [1.165, 1.54) is 6.92 Å². The SMILES string of the molecule is CCOC(=O)/C(C=NC1CC1F)=C(\O)c1cc(F)c(F)cc1F. The molecule has 1 aromatic carbocycles. The molecule has 124 valence electrons. The van der Waals surface area contributed by atoms with Crippen molar-refractivity contribution in [3.8, 4) is 0 Å². The van der Waals surface area contributed by atoms with Gasteiger partial charge in [-0.2, -0.15) is 0 Å². The summed E-state index contributed by atoms with van der Waals surface area (Å²) in [5.41, 5.74) is -1.30. The van der Waals surface area contributed by atoms with Gasteiger partial charge in [0.25, 0.3) is 0 Å². The van der Waals surface area contributed by atoms with Crippen LogP contribution in [0.4, 0.5) is 17.6 Å². The van der Waals surface area contributed by atoms with Crippen LogP contribution in [0.15, 0.2) is 22.7 Å². The highest BCUT2D eigenvalue weighted by Crippen LogP contribution is 2.29. The molecule has 0 amide bonds. The first-order valence-electron chi connectivity index (χ1n) is 6.77. The number of aliphatic hydroxyl groups excluding tert-OH is 1. The Hall–Kier alpha value is -2.38. The van der Waals surface area contributed by atoms with Crippen molar-refractivity contribution in [1.29, 1.82) is 0 Å². The van der Waals surface area contributed by atoms with Crippen molar-refractivity contribution in [3.63, 3.8) is 0 Å². The molecular weight excluding hydrogens is 318 g/mol. The van der Waals surface area contributed by atoms with E-state index in [0.717, 1.165) is 6.21 Å². The van der Waals surface area contributed by atoms with E-state index in [4.69, 9.17) is 0 Å². The normalized spacial score (nSPS) is 21.3. The lowest BCUT2D eigenvalue weighted by Gasteiger charge is -2.08. The highest BCUT2D eigenvalue weighted by molar-refractivity contribution is 6.15. The van der Waals surface area contributed by atoms with Gasteiger partial charge in [0.15, 0.2) is 11.6 Å². The van der Waals surface area contributed by atoms with Gasteiger partial charge in [0, 0.05) is 18.7 Å². The Morgan fingerprint density at radius 1 is 1.35 bits per heavy atom. The number of aliphatic imine (C=N–C) groups is 1. The Labute approximate surface area is 129 Å². The smallest absolute Gasteiger partial charge is 0.343 e. The van der Waals surface area contributed by atoms with Crippen LogP contribution in [0, 0.1) is 17.5 Å². The van der Waals surface area contributed by atoms with Gasteiger partial charge >= 0.3 is 5.97 Å². The minimum Gasteiger partial charge on any atom is -0.506 e. The van der Waals surface area contributed by atoms with E-state index in [1.807, 2.05) is 0 Å². The zero-order chi connectivity index (χ0) is 17.1.